The Morgan fingerprint density at radius 2 is 1.67 bits per heavy atom. The van der Waals surface area contributed by atoms with Crippen molar-refractivity contribution in [2.24, 2.45) is 0 Å². The van der Waals surface area contributed by atoms with Crippen LogP contribution in [0.1, 0.15) is 0 Å². The molecule has 2 aromatic rings. The molecule has 2 rings (SSSR count). The first-order valence-electron chi connectivity index (χ1n) is 5.52. The summed E-state index contributed by atoms with van der Waals surface area (Å²) >= 11 is 0. The zero-order valence-corrected chi connectivity index (χ0v) is 9.64. The summed E-state index contributed by atoms with van der Waals surface area (Å²) in [6, 6.07) is 14.4. The number of alkyl halides is 2. The molecule has 2 aromatic carbocycles. The third-order valence-electron chi connectivity index (χ3n) is 2.43. The van der Waals surface area contributed by atoms with Crippen LogP contribution in [0, 0.1) is 0 Å². The minimum Gasteiger partial charge on any atom is -0.488 e. The van der Waals surface area contributed by atoms with Gasteiger partial charge in [-0.15, -0.1) is 0 Å². The lowest BCUT2D eigenvalue weighted by Gasteiger charge is -2.08. The zero-order valence-electron chi connectivity index (χ0n) is 9.64. The van der Waals surface area contributed by atoms with Gasteiger partial charge in [0.1, 0.15) is 12.4 Å². The molecule has 0 bridgehead atoms. The molecule has 4 heteroatoms. The summed E-state index contributed by atoms with van der Waals surface area (Å²) in [7, 11) is 0. The van der Waals surface area contributed by atoms with Crippen LogP contribution in [0.5, 0.6) is 5.75 Å². The van der Waals surface area contributed by atoms with Gasteiger partial charge in [0.2, 0.25) is 0 Å². The maximum atomic E-state index is 12.1. The first-order valence-corrected chi connectivity index (χ1v) is 5.52. The number of ether oxygens (including phenoxy) is 1. The van der Waals surface area contributed by atoms with E-state index in [2.05, 4.69) is 0 Å². The van der Waals surface area contributed by atoms with E-state index < -0.39 is 13.0 Å². The highest BCUT2D eigenvalue weighted by Gasteiger charge is 2.05. The third kappa shape index (κ3) is 3.20. The number of benzene rings is 2. The van der Waals surface area contributed by atoms with Gasteiger partial charge >= 0.3 is 0 Å². The van der Waals surface area contributed by atoms with Crippen molar-refractivity contribution >= 4 is 5.69 Å². The number of nitrogens with two attached hydrogens (primary N) is 1. The summed E-state index contributed by atoms with van der Waals surface area (Å²) in [6.45, 7) is -0.597. The first kappa shape index (κ1) is 12.4. The molecule has 0 atom stereocenters. The highest BCUT2D eigenvalue weighted by atomic mass is 19.3. The fourth-order valence-electron chi connectivity index (χ4n) is 1.64. The molecule has 94 valence electrons. The second-order valence-corrected chi connectivity index (χ2v) is 3.86. The minimum atomic E-state index is -2.47. The number of nitrogen functional groups attached to an aromatic ring is 1. The predicted molar refractivity (Wildman–Crippen MR) is 67.8 cm³/mol. The van der Waals surface area contributed by atoms with Crippen LogP contribution in [0.25, 0.3) is 11.1 Å². The lowest BCUT2D eigenvalue weighted by Crippen LogP contribution is -2.06. The maximum absolute atomic E-state index is 12.1. The van der Waals surface area contributed by atoms with Gasteiger partial charge in [0, 0.05) is 5.69 Å². The smallest absolute Gasteiger partial charge is 0.272 e. The Kier molecular flexibility index (Phi) is 3.77. The van der Waals surface area contributed by atoms with E-state index in [1.165, 1.54) is 0 Å². The Bertz CT molecular complexity index is 529. The average Bonchev–Trinajstić information content (AvgIpc) is 2.37. The van der Waals surface area contributed by atoms with Gasteiger partial charge in [0.15, 0.2) is 0 Å². The van der Waals surface area contributed by atoms with Gasteiger partial charge in [-0.25, -0.2) is 8.78 Å². The molecule has 2 N–H and O–H groups in total. The van der Waals surface area contributed by atoms with Crippen molar-refractivity contribution in [3.05, 3.63) is 48.5 Å². The highest BCUT2D eigenvalue weighted by molar-refractivity contribution is 5.68. The summed E-state index contributed by atoms with van der Waals surface area (Å²) in [4.78, 5) is 0. The molecule has 18 heavy (non-hydrogen) atoms. The molecule has 0 spiro atoms. The highest BCUT2D eigenvalue weighted by Crippen LogP contribution is 2.25. The third-order valence-corrected chi connectivity index (χ3v) is 2.43. The molecule has 0 fully saturated rings. The van der Waals surface area contributed by atoms with Crippen molar-refractivity contribution in [1.82, 2.24) is 0 Å². The molecule has 2 nitrogen and oxygen atoms in total. The molecule has 0 radical (unpaired) electrons. The van der Waals surface area contributed by atoms with Crippen molar-refractivity contribution < 1.29 is 13.5 Å². The number of halogens is 2. The molecule has 0 aliphatic carbocycles. The lowest BCUT2D eigenvalue weighted by molar-refractivity contribution is 0.0819. The fraction of sp³-hybridized carbons (Fsp3) is 0.143. The summed E-state index contributed by atoms with van der Waals surface area (Å²) in [5.41, 5.74) is 8.17. The van der Waals surface area contributed by atoms with Gasteiger partial charge in [-0.1, -0.05) is 24.3 Å². The second kappa shape index (κ2) is 5.49. The van der Waals surface area contributed by atoms with E-state index in [1.807, 2.05) is 24.3 Å². The Labute approximate surface area is 104 Å². The van der Waals surface area contributed by atoms with Crippen molar-refractivity contribution in [3.8, 4) is 16.9 Å². The molecule has 0 saturated carbocycles. The lowest BCUT2D eigenvalue weighted by atomic mass is 10.1. The molecule has 0 unspecified atom stereocenters. The topological polar surface area (TPSA) is 35.2 Å². The van der Waals surface area contributed by atoms with Gasteiger partial charge in [-0.05, 0) is 35.4 Å². The van der Waals surface area contributed by atoms with Crippen molar-refractivity contribution in [2.75, 3.05) is 12.3 Å². The summed E-state index contributed by atoms with van der Waals surface area (Å²) in [6.07, 6.45) is -2.47. The molecule has 0 aliphatic heterocycles. The standard InChI is InChI=1S/C14H13F2NO/c15-14(16)9-18-13-6-2-4-11(8-13)10-3-1-5-12(17)7-10/h1-8,14H,9,17H2. The second-order valence-electron chi connectivity index (χ2n) is 3.86. The number of anilines is 1. The number of hydrogen-bond acceptors (Lipinski definition) is 2. The number of rotatable bonds is 4. The number of hydrogen-bond donors (Lipinski definition) is 1. The molecular formula is C14H13F2NO. The Morgan fingerprint density at radius 1 is 1.00 bits per heavy atom. The van der Waals surface area contributed by atoms with Gasteiger partial charge < -0.3 is 10.5 Å². The molecule has 0 saturated heterocycles. The van der Waals surface area contributed by atoms with Crippen molar-refractivity contribution in [1.29, 1.82) is 0 Å². The average molecular weight is 249 g/mol. The van der Waals surface area contributed by atoms with Crippen LogP contribution >= 0.6 is 0 Å². The van der Waals surface area contributed by atoms with Gasteiger partial charge in [0.05, 0.1) is 0 Å². The van der Waals surface area contributed by atoms with Gasteiger partial charge in [-0.2, -0.15) is 0 Å². The Morgan fingerprint density at radius 3 is 2.33 bits per heavy atom. The van der Waals surface area contributed by atoms with E-state index >= 15 is 0 Å². The first-order chi connectivity index (χ1) is 8.65. The quantitative estimate of drug-likeness (QED) is 0.840. The van der Waals surface area contributed by atoms with Crippen molar-refractivity contribution in [3.63, 3.8) is 0 Å². The SMILES string of the molecule is Nc1cccc(-c2cccc(OCC(F)F)c2)c1. The van der Waals surface area contributed by atoms with E-state index in [0.717, 1.165) is 11.1 Å². The van der Waals surface area contributed by atoms with Crippen LogP contribution in [0.3, 0.4) is 0 Å². The molecular weight excluding hydrogens is 236 g/mol. The summed E-state index contributed by atoms with van der Waals surface area (Å²) in [5, 5.41) is 0. The van der Waals surface area contributed by atoms with E-state index in [-0.39, 0.29) is 0 Å². The minimum absolute atomic E-state index is 0.426. The summed E-state index contributed by atoms with van der Waals surface area (Å²) in [5.74, 6) is 0.426. The van der Waals surface area contributed by atoms with Gasteiger partial charge in [-0.3, -0.25) is 0 Å². The van der Waals surface area contributed by atoms with E-state index in [4.69, 9.17) is 10.5 Å². The van der Waals surface area contributed by atoms with E-state index in [1.54, 1.807) is 24.3 Å². The summed E-state index contributed by atoms with van der Waals surface area (Å²) < 4.78 is 29.1. The van der Waals surface area contributed by atoms with Crippen molar-refractivity contribution in [2.45, 2.75) is 6.43 Å². The van der Waals surface area contributed by atoms with Crippen LogP contribution in [-0.4, -0.2) is 13.0 Å². The predicted octanol–water partition coefficient (Wildman–Crippen LogP) is 3.58. The van der Waals surface area contributed by atoms with Crippen LogP contribution < -0.4 is 10.5 Å². The Balaban J connectivity index is 2.21. The molecule has 0 amide bonds. The Hall–Kier alpha value is -2.10. The molecule has 0 aliphatic rings. The normalized spacial score (nSPS) is 10.6. The van der Waals surface area contributed by atoms with Crippen LogP contribution in [-0.2, 0) is 0 Å². The molecule has 0 heterocycles. The maximum Gasteiger partial charge on any atom is 0.272 e. The van der Waals surface area contributed by atoms with E-state index in [9.17, 15) is 8.78 Å². The molecule has 0 aromatic heterocycles. The monoisotopic (exact) mass is 249 g/mol. The van der Waals surface area contributed by atoms with Crippen LogP contribution in [0.4, 0.5) is 14.5 Å². The van der Waals surface area contributed by atoms with Crippen LogP contribution in [0.2, 0.25) is 0 Å². The zero-order chi connectivity index (χ0) is 13.0. The van der Waals surface area contributed by atoms with Crippen LogP contribution in [0.15, 0.2) is 48.5 Å². The van der Waals surface area contributed by atoms with E-state index in [0.29, 0.717) is 11.4 Å². The van der Waals surface area contributed by atoms with Gasteiger partial charge in [0.25, 0.3) is 6.43 Å². The fourth-order valence-corrected chi connectivity index (χ4v) is 1.64. The largest absolute Gasteiger partial charge is 0.488 e.